The van der Waals surface area contributed by atoms with Crippen molar-refractivity contribution in [2.75, 3.05) is 33.3 Å². The number of likely N-dealkylation sites (tertiary alicyclic amines) is 1. The van der Waals surface area contributed by atoms with Gasteiger partial charge >= 0.3 is 5.97 Å². The molecule has 0 saturated carbocycles. The molecule has 2 aliphatic rings. The molecule has 0 aliphatic carbocycles. The molecule has 3 rings (SSSR count). The van der Waals surface area contributed by atoms with E-state index >= 15 is 0 Å². The minimum atomic E-state index is -0.299. The number of nitrogens with zero attached hydrogens (tertiary/aromatic N) is 1. The van der Waals surface area contributed by atoms with Crippen LogP contribution in [0.25, 0.3) is 0 Å². The van der Waals surface area contributed by atoms with Crippen LogP contribution in [-0.4, -0.2) is 49.1 Å². The summed E-state index contributed by atoms with van der Waals surface area (Å²) in [5.41, 5.74) is 2.24. The Balaban J connectivity index is 0.00000161. The van der Waals surface area contributed by atoms with Gasteiger partial charge < -0.3 is 15.0 Å². The highest BCUT2D eigenvalue weighted by atomic mass is 35.5. The molecular formula is C15H24ClN3O2. The molecule has 2 fully saturated rings. The SMILES string of the molecule is COC(=O)c1cc(CN2CCC3(CCNCC3)C2)c[nH]1.Cl. The first-order valence-electron chi connectivity index (χ1n) is 7.39. The number of hydrogen-bond acceptors (Lipinski definition) is 4. The number of carbonyl (C=O) groups excluding carboxylic acids is 1. The molecule has 6 heteroatoms. The quantitative estimate of drug-likeness (QED) is 0.836. The minimum Gasteiger partial charge on any atom is -0.464 e. The third kappa shape index (κ3) is 3.59. The Labute approximate surface area is 131 Å². The normalized spacial score (nSPS) is 21.2. The van der Waals surface area contributed by atoms with Crippen molar-refractivity contribution in [1.29, 1.82) is 0 Å². The molecule has 0 bridgehead atoms. The van der Waals surface area contributed by atoms with E-state index in [0.717, 1.165) is 25.2 Å². The smallest absolute Gasteiger partial charge is 0.354 e. The molecule has 1 aromatic rings. The van der Waals surface area contributed by atoms with Crippen LogP contribution in [0, 0.1) is 5.41 Å². The molecule has 2 saturated heterocycles. The van der Waals surface area contributed by atoms with E-state index in [9.17, 15) is 4.79 Å². The molecule has 1 spiro atoms. The number of ether oxygens (including phenoxy) is 1. The van der Waals surface area contributed by atoms with Gasteiger partial charge in [0.1, 0.15) is 5.69 Å². The highest BCUT2D eigenvalue weighted by Crippen LogP contribution is 2.38. The van der Waals surface area contributed by atoms with Gasteiger partial charge in [-0.3, -0.25) is 4.90 Å². The second-order valence-electron chi connectivity index (χ2n) is 6.12. The van der Waals surface area contributed by atoms with Crippen LogP contribution in [0.3, 0.4) is 0 Å². The summed E-state index contributed by atoms with van der Waals surface area (Å²) in [7, 11) is 1.41. The van der Waals surface area contributed by atoms with Gasteiger partial charge in [-0.1, -0.05) is 0 Å². The van der Waals surface area contributed by atoms with Gasteiger partial charge in [0.15, 0.2) is 0 Å². The van der Waals surface area contributed by atoms with E-state index in [2.05, 4.69) is 15.2 Å². The van der Waals surface area contributed by atoms with Gasteiger partial charge in [-0.15, -0.1) is 12.4 Å². The van der Waals surface area contributed by atoms with E-state index in [1.54, 1.807) is 0 Å². The summed E-state index contributed by atoms with van der Waals surface area (Å²) in [5.74, 6) is -0.299. The van der Waals surface area contributed by atoms with Gasteiger partial charge in [0.2, 0.25) is 0 Å². The van der Waals surface area contributed by atoms with Crippen LogP contribution < -0.4 is 5.32 Å². The number of piperidine rings is 1. The molecule has 2 N–H and O–H groups in total. The van der Waals surface area contributed by atoms with Crippen LogP contribution in [-0.2, 0) is 11.3 Å². The topological polar surface area (TPSA) is 57.4 Å². The Hall–Kier alpha value is -1.04. The molecule has 0 amide bonds. The molecule has 1 aromatic heterocycles. The van der Waals surface area contributed by atoms with E-state index in [1.165, 1.54) is 39.5 Å². The number of methoxy groups -OCH3 is 1. The zero-order chi connectivity index (χ0) is 14.0. The number of aromatic amines is 1. The molecule has 21 heavy (non-hydrogen) atoms. The maximum Gasteiger partial charge on any atom is 0.354 e. The van der Waals surface area contributed by atoms with Gasteiger partial charge in [0.25, 0.3) is 0 Å². The Morgan fingerprint density at radius 2 is 2.14 bits per heavy atom. The van der Waals surface area contributed by atoms with E-state index < -0.39 is 0 Å². The van der Waals surface area contributed by atoms with Gasteiger partial charge in [-0.25, -0.2) is 4.79 Å². The van der Waals surface area contributed by atoms with Crippen LogP contribution in [0.15, 0.2) is 12.3 Å². The highest BCUT2D eigenvalue weighted by molar-refractivity contribution is 5.87. The maximum atomic E-state index is 11.4. The fourth-order valence-corrected chi connectivity index (χ4v) is 3.54. The molecule has 118 valence electrons. The van der Waals surface area contributed by atoms with Crippen molar-refractivity contribution >= 4 is 18.4 Å². The van der Waals surface area contributed by atoms with E-state index in [-0.39, 0.29) is 18.4 Å². The Kier molecular flexibility index (Phi) is 5.30. The third-order valence-corrected chi connectivity index (χ3v) is 4.74. The highest BCUT2D eigenvalue weighted by Gasteiger charge is 2.38. The maximum absolute atomic E-state index is 11.4. The first-order chi connectivity index (χ1) is 9.71. The molecule has 3 heterocycles. The van der Waals surface area contributed by atoms with Crippen LogP contribution in [0.1, 0.15) is 35.3 Å². The van der Waals surface area contributed by atoms with E-state index in [4.69, 9.17) is 4.74 Å². The Bertz CT molecular complexity index is 483. The molecular weight excluding hydrogens is 290 g/mol. The fraction of sp³-hybridized carbons (Fsp3) is 0.667. The summed E-state index contributed by atoms with van der Waals surface area (Å²) in [4.78, 5) is 16.9. The van der Waals surface area contributed by atoms with Crippen molar-refractivity contribution in [3.8, 4) is 0 Å². The minimum absolute atomic E-state index is 0. The molecule has 0 aromatic carbocycles. The first kappa shape index (κ1) is 16.3. The number of hydrogen-bond donors (Lipinski definition) is 2. The average Bonchev–Trinajstić information content (AvgIpc) is 3.07. The number of nitrogens with one attached hydrogen (secondary N) is 2. The largest absolute Gasteiger partial charge is 0.464 e. The van der Waals surface area contributed by atoms with Crippen molar-refractivity contribution in [3.63, 3.8) is 0 Å². The second-order valence-corrected chi connectivity index (χ2v) is 6.12. The molecule has 0 atom stereocenters. The van der Waals surface area contributed by atoms with Crippen molar-refractivity contribution in [2.45, 2.75) is 25.8 Å². The average molecular weight is 314 g/mol. The van der Waals surface area contributed by atoms with Gasteiger partial charge in [-0.05, 0) is 55.9 Å². The summed E-state index contributed by atoms with van der Waals surface area (Å²) in [6, 6.07) is 1.90. The van der Waals surface area contributed by atoms with Crippen LogP contribution in [0.5, 0.6) is 0 Å². The lowest BCUT2D eigenvalue weighted by atomic mass is 9.78. The second kappa shape index (κ2) is 6.81. The van der Waals surface area contributed by atoms with E-state index in [0.29, 0.717) is 11.1 Å². The first-order valence-corrected chi connectivity index (χ1v) is 7.39. The predicted octanol–water partition coefficient (Wildman–Crippen LogP) is 1.80. The van der Waals surface area contributed by atoms with Crippen molar-refractivity contribution in [3.05, 3.63) is 23.5 Å². The van der Waals surface area contributed by atoms with Crippen LogP contribution in [0.2, 0.25) is 0 Å². The number of aromatic nitrogens is 1. The summed E-state index contributed by atoms with van der Waals surface area (Å²) < 4.78 is 4.72. The number of H-pyrrole nitrogens is 1. The zero-order valence-electron chi connectivity index (χ0n) is 12.5. The Morgan fingerprint density at radius 1 is 1.38 bits per heavy atom. The van der Waals surface area contributed by atoms with Crippen molar-refractivity contribution in [1.82, 2.24) is 15.2 Å². The lowest BCUT2D eigenvalue weighted by molar-refractivity contribution is 0.0594. The fourth-order valence-electron chi connectivity index (χ4n) is 3.54. The van der Waals surface area contributed by atoms with Gasteiger partial charge in [0, 0.05) is 19.3 Å². The van der Waals surface area contributed by atoms with Crippen molar-refractivity contribution in [2.24, 2.45) is 5.41 Å². The number of esters is 1. The standard InChI is InChI=1S/C15H23N3O2.ClH/c1-20-14(19)13-8-12(9-17-13)10-18-7-4-15(11-18)2-5-16-6-3-15;/h8-9,16-17H,2-7,10-11H2,1H3;1H. The number of halogens is 1. The predicted molar refractivity (Wildman–Crippen MR) is 83.8 cm³/mol. The summed E-state index contributed by atoms with van der Waals surface area (Å²) in [6.07, 6.45) is 5.82. The van der Waals surface area contributed by atoms with Crippen LogP contribution >= 0.6 is 12.4 Å². The summed E-state index contributed by atoms with van der Waals surface area (Å²) in [6.45, 7) is 5.59. The number of rotatable bonds is 3. The van der Waals surface area contributed by atoms with Crippen molar-refractivity contribution < 1.29 is 9.53 Å². The lowest BCUT2D eigenvalue weighted by Gasteiger charge is -2.33. The monoisotopic (exact) mass is 313 g/mol. The van der Waals surface area contributed by atoms with Gasteiger partial charge in [-0.2, -0.15) is 0 Å². The number of carbonyl (C=O) groups is 1. The zero-order valence-corrected chi connectivity index (χ0v) is 13.3. The molecule has 5 nitrogen and oxygen atoms in total. The van der Waals surface area contributed by atoms with E-state index in [1.807, 2.05) is 12.3 Å². The Morgan fingerprint density at radius 3 is 2.86 bits per heavy atom. The molecule has 2 aliphatic heterocycles. The molecule has 0 unspecified atom stereocenters. The van der Waals surface area contributed by atoms with Gasteiger partial charge in [0.05, 0.1) is 7.11 Å². The molecule has 0 radical (unpaired) electrons. The third-order valence-electron chi connectivity index (χ3n) is 4.74. The lowest BCUT2D eigenvalue weighted by Crippen LogP contribution is -2.38. The van der Waals surface area contributed by atoms with Crippen LogP contribution in [0.4, 0.5) is 0 Å². The summed E-state index contributed by atoms with van der Waals surface area (Å²) >= 11 is 0. The summed E-state index contributed by atoms with van der Waals surface area (Å²) in [5, 5.41) is 3.45.